The third-order valence-electron chi connectivity index (χ3n) is 8.73. The van der Waals surface area contributed by atoms with Crippen LogP contribution in [0.3, 0.4) is 0 Å². The van der Waals surface area contributed by atoms with Crippen LogP contribution in [0.4, 0.5) is 0 Å². The molecule has 1 aromatic heterocycles. The van der Waals surface area contributed by atoms with Gasteiger partial charge in [-0.2, -0.15) is 0 Å². The summed E-state index contributed by atoms with van der Waals surface area (Å²) in [6.45, 7) is 3.83. The standard InChI is InChI=1S/C35H39NO6S/c1-21-14-23(15-22(2)33(21)39)16-25(24-8-5-4-6-9-24)11-12-30(38)31-26(20-42-3)17-28-32(29(31)19-37)35(41)36(34(28)40)18-27-10-7-13-43-27/h4-10,13-16,28-30,32,37-39H,11-12,17-20H2,1-3H3/b25-16-/t28-,29+,30-,32-/m1/s1. The fourth-order valence-electron chi connectivity index (χ4n) is 6.72. The predicted molar refractivity (Wildman–Crippen MR) is 168 cm³/mol. The minimum absolute atomic E-state index is 0.214. The molecule has 1 saturated heterocycles. The first-order chi connectivity index (χ1) is 20.7. The fraction of sp³-hybridized carbons (Fsp3) is 0.371. The highest BCUT2D eigenvalue weighted by molar-refractivity contribution is 7.09. The quantitative estimate of drug-likeness (QED) is 0.152. The molecule has 5 rings (SSSR count). The number of ether oxygens (including phenoxy) is 1. The summed E-state index contributed by atoms with van der Waals surface area (Å²) in [4.78, 5) is 29.3. The molecule has 1 aliphatic carbocycles. The number of aliphatic hydroxyl groups excluding tert-OH is 2. The molecule has 2 amide bonds. The van der Waals surface area contributed by atoms with Crippen LogP contribution in [-0.4, -0.2) is 58.5 Å². The molecule has 3 N–H and O–H groups in total. The third-order valence-corrected chi connectivity index (χ3v) is 9.59. The Labute approximate surface area is 256 Å². The minimum Gasteiger partial charge on any atom is -0.507 e. The lowest BCUT2D eigenvalue weighted by molar-refractivity contribution is -0.140. The number of phenols is 1. The van der Waals surface area contributed by atoms with Gasteiger partial charge in [0.15, 0.2) is 0 Å². The molecule has 0 saturated carbocycles. The number of phenolic OH excluding ortho intramolecular Hbond substituents is 1. The number of aliphatic hydroxyl groups is 2. The Kier molecular flexibility index (Phi) is 9.62. The van der Waals surface area contributed by atoms with Crippen molar-refractivity contribution in [1.29, 1.82) is 0 Å². The number of nitrogens with zero attached hydrogens (tertiary/aromatic N) is 1. The molecule has 226 valence electrons. The summed E-state index contributed by atoms with van der Waals surface area (Å²) in [5.41, 5.74) is 5.97. The van der Waals surface area contributed by atoms with Crippen molar-refractivity contribution in [3.63, 3.8) is 0 Å². The van der Waals surface area contributed by atoms with Crippen molar-refractivity contribution in [2.75, 3.05) is 20.3 Å². The summed E-state index contributed by atoms with van der Waals surface area (Å²) in [6, 6.07) is 17.6. The Hall–Kier alpha value is -3.56. The van der Waals surface area contributed by atoms with Gasteiger partial charge >= 0.3 is 0 Å². The van der Waals surface area contributed by atoms with Crippen molar-refractivity contribution in [3.05, 3.63) is 98.3 Å². The molecule has 2 heterocycles. The van der Waals surface area contributed by atoms with E-state index in [0.29, 0.717) is 24.8 Å². The maximum Gasteiger partial charge on any atom is 0.234 e. The van der Waals surface area contributed by atoms with E-state index >= 15 is 0 Å². The number of aryl methyl sites for hydroxylation is 2. The van der Waals surface area contributed by atoms with Crippen LogP contribution >= 0.6 is 11.3 Å². The molecular weight excluding hydrogens is 562 g/mol. The minimum atomic E-state index is -0.937. The number of methoxy groups -OCH3 is 1. The summed E-state index contributed by atoms with van der Waals surface area (Å²) in [7, 11) is 1.57. The number of benzene rings is 2. The number of carbonyl (C=O) groups excluding carboxylic acids is 2. The molecule has 0 radical (unpaired) electrons. The SMILES string of the molecule is COCC1=C([C@H](O)CC/C(=C/c2cc(C)c(O)c(C)c2)c2ccccc2)[C@H](CO)[C@@H]2C(=O)N(Cc3cccs3)C(=O)[C@@H]2C1. The molecule has 1 fully saturated rings. The number of aromatic hydroxyl groups is 1. The lowest BCUT2D eigenvalue weighted by atomic mass is 9.68. The Balaban J connectivity index is 1.43. The van der Waals surface area contributed by atoms with Gasteiger partial charge in [-0.25, -0.2) is 0 Å². The Bertz CT molecular complexity index is 1500. The zero-order chi connectivity index (χ0) is 30.7. The topological polar surface area (TPSA) is 107 Å². The van der Waals surface area contributed by atoms with E-state index in [-0.39, 0.29) is 37.3 Å². The van der Waals surface area contributed by atoms with Crippen molar-refractivity contribution in [3.8, 4) is 5.75 Å². The van der Waals surface area contributed by atoms with Gasteiger partial charge in [-0.1, -0.05) is 42.5 Å². The normalized spacial score (nSPS) is 21.5. The van der Waals surface area contributed by atoms with Gasteiger partial charge in [-0.3, -0.25) is 14.5 Å². The van der Waals surface area contributed by atoms with E-state index in [9.17, 15) is 24.9 Å². The smallest absolute Gasteiger partial charge is 0.234 e. The fourth-order valence-corrected chi connectivity index (χ4v) is 7.41. The Morgan fingerprint density at radius 3 is 2.44 bits per heavy atom. The van der Waals surface area contributed by atoms with Crippen molar-refractivity contribution in [2.24, 2.45) is 17.8 Å². The second kappa shape index (κ2) is 13.4. The van der Waals surface area contributed by atoms with Gasteiger partial charge in [0.05, 0.1) is 37.7 Å². The van der Waals surface area contributed by atoms with Crippen molar-refractivity contribution < 1.29 is 29.6 Å². The number of hydrogen-bond acceptors (Lipinski definition) is 7. The average molecular weight is 602 g/mol. The summed E-state index contributed by atoms with van der Waals surface area (Å²) < 4.78 is 5.49. The lowest BCUT2D eigenvalue weighted by Gasteiger charge is -2.36. The van der Waals surface area contributed by atoms with Gasteiger partial charge < -0.3 is 20.1 Å². The molecule has 4 atom stereocenters. The summed E-state index contributed by atoms with van der Waals surface area (Å²) in [6.07, 6.45) is 2.34. The van der Waals surface area contributed by atoms with E-state index in [0.717, 1.165) is 38.3 Å². The molecular formula is C35H39NO6S. The molecule has 0 unspecified atom stereocenters. The molecule has 0 bridgehead atoms. The van der Waals surface area contributed by atoms with Crippen LogP contribution in [-0.2, 0) is 20.9 Å². The average Bonchev–Trinajstić information content (AvgIpc) is 3.60. The van der Waals surface area contributed by atoms with E-state index in [4.69, 9.17) is 4.74 Å². The number of imide groups is 1. The number of likely N-dealkylation sites (tertiary alicyclic amines) is 1. The maximum atomic E-state index is 13.6. The molecule has 2 aromatic carbocycles. The number of fused-ring (bicyclic) bond motifs is 1. The van der Waals surface area contributed by atoms with Gasteiger partial charge in [-0.15, -0.1) is 11.3 Å². The number of hydrogen-bond donors (Lipinski definition) is 3. The molecule has 7 nitrogen and oxygen atoms in total. The van der Waals surface area contributed by atoms with Gasteiger partial charge in [0.2, 0.25) is 11.8 Å². The number of amides is 2. The maximum absolute atomic E-state index is 13.6. The van der Waals surface area contributed by atoms with Crippen LogP contribution in [0.1, 0.15) is 46.4 Å². The number of allylic oxidation sites excluding steroid dienone is 1. The number of thiophene rings is 1. The van der Waals surface area contributed by atoms with Gasteiger partial charge in [-0.05, 0) is 95.7 Å². The van der Waals surface area contributed by atoms with Crippen LogP contribution < -0.4 is 0 Å². The highest BCUT2D eigenvalue weighted by Gasteiger charge is 2.54. The first-order valence-corrected chi connectivity index (χ1v) is 15.5. The monoisotopic (exact) mass is 601 g/mol. The molecule has 3 aromatic rings. The second-order valence-electron chi connectivity index (χ2n) is 11.6. The van der Waals surface area contributed by atoms with Crippen molar-refractivity contribution >= 4 is 34.8 Å². The van der Waals surface area contributed by atoms with Crippen molar-refractivity contribution in [2.45, 2.75) is 45.8 Å². The summed E-state index contributed by atoms with van der Waals surface area (Å²) in [5.74, 6) is -2.19. The number of rotatable bonds is 11. The highest BCUT2D eigenvalue weighted by atomic mass is 32.1. The van der Waals surface area contributed by atoms with E-state index in [1.165, 1.54) is 16.2 Å². The second-order valence-corrected chi connectivity index (χ2v) is 12.6. The Morgan fingerprint density at radius 1 is 1.09 bits per heavy atom. The van der Waals surface area contributed by atoms with Crippen LogP contribution in [0.2, 0.25) is 0 Å². The lowest BCUT2D eigenvalue weighted by Crippen LogP contribution is -2.39. The van der Waals surface area contributed by atoms with Crippen LogP contribution in [0.5, 0.6) is 5.75 Å². The zero-order valence-electron chi connectivity index (χ0n) is 24.8. The molecule has 2 aliphatic rings. The van der Waals surface area contributed by atoms with Crippen molar-refractivity contribution in [1.82, 2.24) is 4.90 Å². The summed E-state index contributed by atoms with van der Waals surface area (Å²) in [5, 5.41) is 34.5. The van der Waals surface area contributed by atoms with E-state index < -0.39 is 23.9 Å². The third kappa shape index (κ3) is 6.38. The van der Waals surface area contributed by atoms with Gasteiger partial charge in [0.25, 0.3) is 0 Å². The number of carbonyl (C=O) groups is 2. The molecule has 8 heteroatoms. The largest absolute Gasteiger partial charge is 0.507 e. The molecule has 1 aliphatic heterocycles. The molecule has 0 spiro atoms. The van der Waals surface area contributed by atoms with Crippen LogP contribution in [0.25, 0.3) is 11.6 Å². The molecule has 43 heavy (non-hydrogen) atoms. The highest BCUT2D eigenvalue weighted by Crippen LogP contribution is 2.47. The van der Waals surface area contributed by atoms with E-state index in [1.807, 2.05) is 73.8 Å². The van der Waals surface area contributed by atoms with Crippen LogP contribution in [0, 0.1) is 31.6 Å². The Morgan fingerprint density at radius 2 is 1.81 bits per heavy atom. The first kappa shape index (κ1) is 30.9. The zero-order valence-corrected chi connectivity index (χ0v) is 25.6. The summed E-state index contributed by atoms with van der Waals surface area (Å²) >= 11 is 1.49. The first-order valence-electron chi connectivity index (χ1n) is 14.7. The van der Waals surface area contributed by atoms with Gasteiger partial charge in [0.1, 0.15) is 5.75 Å². The van der Waals surface area contributed by atoms with E-state index in [1.54, 1.807) is 7.11 Å². The van der Waals surface area contributed by atoms with E-state index in [2.05, 4.69) is 6.08 Å². The van der Waals surface area contributed by atoms with Gasteiger partial charge in [0, 0.05) is 17.9 Å². The van der Waals surface area contributed by atoms with Crippen LogP contribution in [0.15, 0.2) is 71.1 Å². The predicted octanol–water partition coefficient (Wildman–Crippen LogP) is 5.51.